The Kier molecular flexibility index (Phi) is 1.70. The Labute approximate surface area is 91.2 Å². The predicted molar refractivity (Wildman–Crippen MR) is 60.5 cm³/mol. The lowest BCUT2D eigenvalue weighted by atomic mass is 10.4. The summed E-state index contributed by atoms with van der Waals surface area (Å²) in [5.74, 6) is 1.21. The first-order valence-corrected chi connectivity index (χ1v) is 4.83. The van der Waals surface area contributed by atoms with E-state index in [2.05, 4.69) is 19.9 Å². The van der Waals surface area contributed by atoms with Crippen LogP contribution in [0.4, 0.5) is 5.82 Å². The molecule has 80 valence electrons. The van der Waals surface area contributed by atoms with Crippen LogP contribution in [0.3, 0.4) is 0 Å². The number of rotatable bonds is 1. The monoisotopic (exact) mass is 214 g/mol. The van der Waals surface area contributed by atoms with Gasteiger partial charge < -0.3 is 15.3 Å². The predicted octanol–water partition coefficient (Wildman–Crippen LogP) is 0.941. The number of hydrogen-bond acceptors (Lipinski definition) is 4. The molecule has 0 saturated carbocycles. The molecule has 6 heteroatoms. The minimum atomic E-state index is 0.468. The molecule has 0 unspecified atom stereocenters. The number of H-pyrrole nitrogens is 1. The molecule has 0 spiro atoms. The standard InChI is InChI=1S/C10H10N6/c1-16-5-12-4-7(16)10-13-6-2-3-8(11)14-9(6)15-10/h2-5H,1H3,(H3,11,13,14,15). The third-order valence-electron chi connectivity index (χ3n) is 2.43. The summed E-state index contributed by atoms with van der Waals surface area (Å²) in [6, 6.07) is 3.61. The van der Waals surface area contributed by atoms with Crippen molar-refractivity contribution in [3.63, 3.8) is 0 Å². The molecule has 3 aromatic rings. The fourth-order valence-corrected chi connectivity index (χ4v) is 1.61. The molecule has 0 atom stereocenters. The molecule has 0 radical (unpaired) electrons. The summed E-state index contributed by atoms with van der Waals surface area (Å²) in [6.07, 6.45) is 3.48. The molecule has 3 aromatic heterocycles. The van der Waals surface area contributed by atoms with Crippen LogP contribution in [0.1, 0.15) is 0 Å². The van der Waals surface area contributed by atoms with Gasteiger partial charge in [-0.15, -0.1) is 0 Å². The first-order chi connectivity index (χ1) is 7.74. The molecule has 0 saturated heterocycles. The number of fused-ring (bicyclic) bond motifs is 1. The number of hydrogen-bond donors (Lipinski definition) is 2. The van der Waals surface area contributed by atoms with Gasteiger partial charge >= 0.3 is 0 Å². The topological polar surface area (TPSA) is 85.4 Å². The van der Waals surface area contributed by atoms with Gasteiger partial charge in [0.05, 0.1) is 18.0 Å². The Balaban J connectivity index is 2.23. The summed E-state index contributed by atoms with van der Waals surface area (Å²) in [4.78, 5) is 15.7. The van der Waals surface area contributed by atoms with E-state index < -0.39 is 0 Å². The van der Waals surface area contributed by atoms with Crippen molar-refractivity contribution >= 4 is 17.0 Å². The number of aromatic amines is 1. The van der Waals surface area contributed by atoms with Crippen LogP contribution in [-0.4, -0.2) is 24.5 Å². The van der Waals surface area contributed by atoms with Crippen molar-refractivity contribution in [2.45, 2.75) is 0 Å². The van der Waals surface area contributed by atoms with Crippen molar-refractivity contribution in [3.8, 4) is 11.5 Å². The lowest BCUT2D eigenvalue weighted by Gasteiger charge is -1.95. The van der Waals surface area contributed by atoms with E-state index in [4.69, 9.17) is 5.73 Å². The number of nitrogens with zero attached hydrogens (tertiary/aromatic N) is 4. The van der Waals surface area contributed by atoms with E-state index in [0.717, 1.165) is 17.0 Å². The number of nitrogen functional groups attached to an aromatic ring is 1. The highest BCUT2D eigenvalue weighted by atomic mass is 15.1. The Morgan fingerprint density at radius 1 is 1.31 bits per heavy atom. The Morgan fingerprint density at radius 3 is 2.94 bits per heavy atom. The third-order valence-corrected chi connectivity index (χ3v) is 2.43. The van der Waals surface area contributed by atoms with Crippen molar-refractivity contribution < 1.29 is 0 Å². The molecule has 0 fully saturated rings. The first kappa shape index (κ1) is 8.90. The third kappa shape index (κ3) is 1.23. The van der Waals surface area contributed by atoms with Crippen LogP contribution in [0.5, 0.6) is 0 Å². The molecule has 0 amide bonds. The Bertz CT molecular complexity index is 650. The number of aromatic nitrogens is 5. The zero-order valence-corrected chi connectivity index (χ0v) is 8.68. The van der Waals surface area contributed by atoms with E-state index >= 15 is 0 Å². The van der Waals surface area contributed by atoms with Gasteiger partial charge in [-0.25, -0.2) is 15.0 Å². The number of nitrogens with two attached hydrogens (primary N) is 1. The van der Waals surface area contributed by atoms with Gasteiger partial charge in [-0.2, -0.15) is 0 Å². The molecule has 3 rings (SSSR count). The number of anilines is 1. The minimum absolute atomic E-state index is 0.468. The average Bonchev–Trinajstić information content (AvgIpc) is 2.82. The molecular weight excluding hydrogens is 204 g/mol. The molecule has 0 aromatic carbocycles. The van der Waals surface area contributed by atoms with Crippen LogP contribution >= 0.6 is 0 Å². The van der Waals surface area contributed by atoms with Crippen molar-refractivity contribution in [2.24, 2.45) is 7.05 Å². The molecule has 0 aliphatic rings. The normalized spacial score (nSPS) is 11.1. The SMILES string of the molecule is Cn1cncc1-c1nc2nc(N)ccc2[nH]1. The number of imidazole rings is 2. The molecule has 0 aliphatic heterocycles. The average molecular weight is 214 g/mol. The second kappa shape index (κ2) is 3.06. The molecule has 0 bridgehead atoms. The number of nitrogens with one attached hydrogen (secondary N) is 1. The molecule has 6 nitrogen and oxygen atoms in total. The minimum Gasteiger partial charge on any atom is -0.384 e. The van der Waals surface area contributed by atoms with Gasteiger partial charge in [-0.05, 0) is 12.1 Å². The number of aryl methyl sites for hydroxylation is 1. The van der Waals surface area contributed by atoms with Gasteiger partial charge in [0, 0.05) is 7.05 Å². The van der Waals surface area contributed by atoms with Crippen LogP contribution in [0.25, 0.3) is 22.7 Å². The number of pyridine rings is 1. The molecule has 3 heterocycles. The van der Waals surface area contributed by atoms with E-state index in [-0.39, 0.29) is 0 Å². The Hall–Kier alpha value is -2.37. The fourth-order valence-electron chi connectivity index (χ4n) is 1.61. The van der Waals surface area contributed by atoms with Crippen molar-refractivity contribution in [3.05, 3.63) is 24.7 Å². The van der Waals surface area contributed by atoms with Gasteiger partial charge in [0.15, 0.2) is 11.5 Å². The summed E-state index contributed by atoms with van der Waals surface area (Å²) >= 11 is 0. The van der Waals surface area contributed by atoms with Gasteiger partial charge in [0.1, 0.15) is 11.5 Å². The maximum atomic E-state index is 5.60. The van der Waals surface area contributed by atoms with E-state index in [9.17, 15) is 0 Å². The zero-order chi connectivity index (χ0) is 11.1. The van der Waals surface area contributed by atoms with E-state index in [1.165, 1.54) is 0 Å². The second-order valence-corrected chi connectivity index (χ2v) is 3.58. The highest BCUT2D eigenvalue weighted by Crippen LogP contribution is 2.18. The summed E-state index contributed by atoms with van der Waals surface area (Å²) in [6.45, 7) is 0. The van der Waals surface area contributed by atoms with Crippen molar-refractivity contribution in [1.29, 1.82) is 0 Å². The van der Waals surface area contributed by atoms with Crippen LogP contribution in [-0.2, 0) is 7.05 Å². The van der Waals surface area contributed by atoms with Gasteiger partial charge in [-0.3, -0.25) is 0 Å². The molecule has 3 N–H and O–H groups in total. The lowest BCUT2D eigenvalue weighted by molar-refractivity contribution is 0.913. The van der Waals surface area contributed by atoms with Gasteiger partial charge in [0.25, 0.3) is 0 Å². The smallest absolute Gasteiger partial charge is 0.180 e. The molecule has 16 heavy (non-hydrogen) atoms. The maximum Gasteiger partial charge on any atom is 0.180 e. The van der Waals surface area contributed by atoms with E-state index in [0.29, 0.717) is 11.5 Å². The van der Waals surface area contributed by atoms with Crippen LogP contribution in [0, 0.1) is 0 Å². The summed E-state index contributed by atoms with van der Waals surface area (Å²) in [5, 5.41) is 0. The van der Waals surface area contributed by atoms with E-state index in [1.54, 1.807) is 18.6 Å². The first-order valence-electron chi connectivity index (χ1n) is 4.83. The zero-order valence-electron chi connectivity index (χ0n) is 8.68. The highest BCUT2D eigenvalue weighted by molar-refractivity contribution is 5.76. The Morgan fingerprint density at radius 2 is 2.19 bits per heavy atom. The van der Waals surface area contributed by atoms with Crippen LogP contribution < -0.4 is 5.73 Å². The summed E-state index contributed by atoms with van der Waals surface area (Å²) in [5.41, 5.74) is 8.00. The molecular formula is C10H10N6. The van der Waals surface area contributed by atoms with Gasteiger partial charge in [0.2, 0.25) is 0 Å². The fraction of sp³-hybridized carbons (Fsp3) is 0.100. The lowest BCUT2D eigenvalue weighted by Crippen LogP contribution is -1.90. The summed E-state index contributed by atoms with van der Waals surface area (Å²) < 4.78 is 1.89. The molecule has 0 aliphatic carbocycles. The van der Waals surface area contributed by atoms with Crippen LogP contribution in [0.2, 0.25) is 0 Å². The highest BCUT2D eigenvalue weighted by Gasteiger charge is 2.09. The second-order valence-electron chi connectivity index (χ2n) is 3.58. The quantitative estimate of drug-likeness (QED) is 0.631. The maximum absolute atomic E-state index is 5.60. The largest absolute Gasteiger partial charge is 0.384 e. The van der Waals surface area contributed by atoms with E-state index in [1.807, 2.05) is 17.7 Å². The van der Waals surface area contributed by atoms with Crippen LogP contribution in [0.15, 0.2) is 24.7 Å². The summed E-state index contributed by atoms with van der Waals surface area (Å²) in [7, 11) is 1.91. The van der Waals surface area contributed by atoms with Crippen molar-refractivity contribution in [2.75, 3.05) is 5.73 Å². The van der Waals surface area contributed by atoms with Gasteiger partial charge in [-0.1, -0.05) is 0 Å². The van der Waals surface area contributed by atoms with Crippen molar-refractivity contribution in [1.82, 2.24) is 24.5 Å².